The number of unbranched alkanes of at least 4 members (excludes halogenated alkanes) is 1. The number of esters is 1. The summed E-state index contributed by atoms with van der Waals surface area (Å²) in [5.74, 6) is -2.05. The summed E-state index contributed by atoms with van der Waals surface area (Å²) in [5, 5.41) is 12.3. The van der Waals surface area contributed by atoms with Gasteiger partial charge in [0.1, 0.15) is 16.9 Å². The molecule has 10 nitrogen and oxygen atoms in total. The molecule has 0 bridgehead atoms. The Morgan fingerprint density at radius 1 is 1.20 bits per heavy atom. The molecule has 11 heteroatoms. The van der Waals surface area contributed by atoms with Gasteiger partial charge in [0.2, 0.25) is 5.76 Å². The highest BCUT2D eigenvalue weighted by atomic mass is 19.1. The van der Waals surface area contributed by atoms with Crippen molar-refractivity contribution in [2.24, 2.45) is 0 Å². The van der Waals surface area contributed by atoms with Crippen molar-refractivity contribution in [3.8, 4) is 11.5 Å². The van der Waals surface area contributed by atoms with Crippen LogP contribution in [0.3, 0.4) is 0 Å². The third-order valence-electron chi connectivity index (χ3n) is 6.26. The van der Waals surface area contributed by atoms with E-state index >= 15 is 0 Å². The molecule has 1 aliphatic rings. The smallest absolute Gasteiger partial charge is 0.347 e. The van der Waals surface area contributed by atoms with Crippen LogP contribution in [0.5, 0.6) is 11.5 Å². The summed E-state index contributed by atoms with van der Waals surface area (Å²) < 4.78 is 31.9. The number of aromatic nitrogens is 2. The number of benzene rings is 1. The third kappa shape index (κ3) is 5.84. The summed E-state index contributed by atoms with van der Waals surface area (Å²) in [6, 6.07) is 5.87. The minimum absolute atomic E-state index is 0.0240. The lowest BCUT2D eigenvalue weighted by Crippen LogP contribution is -2.47. The van der Waals surface area contributed by atoms with Crippen LogP contribution >= 0.6 is 0 Å². The number of amides is 1. The van der Waals surface area contributed by atoms with E-state index in [-0.39, 0.29) is 65.9 Å². The van der Waals surface area contributed by atoms with E-state index in [9.17, 15) is 23.9 Å². The summed E-state index contributed by atoms with van der Waals surface area (Å²) in [7, 11) is 0. The number of carbonyl (C=O) groups excluding carboxylic acids is 2. The predicted molar refractivity (Wildman–Crippen MR) is 146 cm³/mol. The zero-order valence-corrected chi connectivity index (χ0v) is 22.9. The van der Waals surface area contributed by atoms with Crippen LogP contribution in [-0.4, -0.2) is 51.9 Å². The maximum Gasteiger partial charge on any atom is 0.347 e. The van der Waals surface area contributed by atoms with Gasteiger partial charge in [0.25, 0.3) is 11.5 Å². The number of hydrogen-bond donors (Lipinski definition) is 2. The predicted octanol–water partition coefficient (Wildman–Crippen LogP) is 3.56. The molecule has 0 radical (unpaired) electrons. The standard InChI is InChI=1S/C29H32FN3O7/c1-5-7-12-39-25-21(28(37)38-6-2)27(36)33-15-20(26(35)32-29(3,4)16-34)40-24-18(14-31-22(25)23(24)33)13-17-8-10-19(30)11-9-17/h8-11,14-15,34H,5-7,12-13,16H2,1-4H3,(H,32,35). The second-order valence-corrected chi connectivity index (χ2v) is 10.0. The van der Waals surface area contributed by atoms with Crippen molar-refractivity contribution in [3.05, 3.63) is 69.1 Å². The van der Waals surface area contributed by atoms with Gasteiger partial charge in [0.15, 0.2) is 17.1 Å². The number of hydrogen-bond acceptors (Lipinski definition) is 8. The van der Waals surface area contributed by atoms with Gasteiger partial charge in [-0.2, -0.15) is 0 Å². The Bertz CT molecular complexity index is 1530. The minimum Gasteiger partial charge on any atom is -0.490 e. The summed E-state index contributed by atoms with van der Waals surface area (Å²) in [4.78, 5) is 44.5. The first-order chi connectivity index (χ1) is 19.1. The van der Waals surface area contributed by atoms with Crippen LogP contribution in [-0.2, 0) is 16.0 Å². The third-order valence-corrected chi connectivity index (χ3v) is 6.26. The number of carbonyl (C=O) groups is 2. The van der Waals surface area contributed by atoms with Crippen molar-refractivity contribution >= 4 is 29.1 Å². The first kappa shape index (κ1) is 28.8. The summed E-state index contributed by atoms with van der Waals surface area (Å²) >= 11 is 0. The SMILES string of the molecule is CCCCOc1c(C(=O)OCC)c(=O)n2c3c(c(Cc4ccc(F)cc4)cnc13)OC(C(=O)NC(C)(C)CO)=C2. The molecule has 2 N–H and O–H groups in total. The lowest BCUT2D eigenvalue weighted by molar-refractivity contribution is -0.121. The number of nitrogens with one attached hydrogen (secondary N) is 1. The van der Waals surface area contributed by atoms with Crippen molar-refractivity contribution in [1.82, 2.24) is 14.9 Å². The average molecular weight is 554 g/mol. The van der Waals surface area contributed by atoms with Gasteiger partial charge in [0.05, 0.1) is 31.6 Å². The lowest BCUT2D eigenvalue weighted by Gasteiger charge is -2.27. The lowest BCUT2D eigenvalue weighted by atomic mass is 10.0. The van der Waals surface area contributed by atoms with E-state index < -0.39 is 23.0 Å². The van der Waals surface area contributed by atoms with E-state index in [0.29, 0.717) is 12.0 Å². The minimum atomic E-state index is -0.982. The highest BCUT2D eigenvalue weighted by Crippen LogP contribution is 2.39. The van der Waals surface area contributed by atoms with E-state index in [2.05, 4.69) is 10.3 Å². The molecule has 0 aliphatic carbocycles. The fourth-order valence-electron chi connectivity index (χ4n) is 4.14. The van der Waals surface area contributed by atoms with Gasteiger partial charge in [0, 0.05) is 18.2 Å². The molecule has 1 aromatic carbocycles. The number of pyridine rings is 2. The Balaban J connectivity index is 1.97. The maximum atomic E-state index is 13.8. The Hall–Kier alpha value is -4.25. The fraction of sp³-hybridized carbons (Fsp3) is 0.379. The number of halogens is 1. The molecule has 40 heavy (non-hydrogen) atoms. The molecule has 2 aromatic heterocycles. The van der Waals surface area contributed by atoms with E-state index in [1.165, 1.54) is 24.5 Å². The van der Waals surface area contributed by atoms with Crippen molar-refractivity contribution < 1.29 is 33.3 Å². The fourth-order valence-corrected chi connectivity index (χ4v) is 4.14. The summed E-state index contributed by atoms with van der Waals surface area (Å²) in [5.41, 5.74) is -0.455. The highest BCUT2D eigenvalue weighted by Gasteiger charge is 2.33. The first-order valence-electron chi connectivity index (χ1n) is 13.1. The molecular formula is C29H32FN3O7. The van der Waals surface area contributed by atoms with Crippen LogP contribution in [0.4, 0.5) is 4.39 Å². The molecule has 1 aliphatic heterocycles. The van der Waals surface area contributed by atoms with Crippen LogP contribution < -0.4 is 20.3 Å². The molecule has 0 atom stereocenters. The molecule has 0 saturated carbocycles. The van der Waals surface area contributed by atoms with E-state index in [0.717, 1.165) is 16.6 Å². The molecule has 212 valence electrons. The van der Waals surface area contributed by atoms with E-state index in [1.54, 1.807) is 32.9 Å². The normalized spacial score (nSPS) is 12.5. The van der Waals surface area contributed by atoms with Gasteiger partial charge in [-0.15, -0.1) is 0 Å². The quantitative estimate of drug-likeness (QED) is 0.273. The van der Waals surface area contributed by atoms with Gasteiger partial charge in [-0.25, -0.2) is 9.18 Å². The van der Waals surface area contributed by atoms with Crippen molar-refractivity contribution in [3.63, 3.8) is 0 Å². The van der Waals surface area contributed by atoms with Crippen molar-refractivity contribution in [2.75, 3.05) is 19.8 Å². The Kier molecular flexibility index (Phi) is 8.53. The van der Waals surface area contributed by atoms with Crippen LogP contribution in [0.15, 0.2) is 41.0 Å². The van der Waals surface area contributed by atoms with Gasteiger partial charge in [-0.3, -0.25) is 19.1 Å². The molecule has 4 rings (SSSR count). The molecule has 3 heterocycles. The zero-order chi connectivity index (χ0) is 29.0. The second kappa shape index (κ2) is 11.9. The average Bonchev–Trinajstić information content (AvgIpc) is 2.93. The Morgan fingerprint density at radius 3 is 2.58 bits per heavy atom. The van der Waals surface area contributed by atoms with Crippen molar-refractivity contribution in [1.29, 1.82) is 0 Å². The van der Waals surface area contributed by atoms with Gasteiger partial charge < -0.3 is 24.6 Å². The number of rotatable bonds is 11. The van der Waals surface area contributed by atoms with Gasteiger partial charge >= 0.3 is 5.97 Å². The van der Waals surface area contributed by atoms with Crippen LogP contribution in [0, 0.1) is 5.82 Å². The second-order valence-electron chi connectivity index (χ2n) is 10.0. The van der Waals surface area contributed by atoms with Crippen LogP contribution in [0.1, 0.15) is 62.0 Å². The molecule has 0 spiro atoms. The largest absolute Gasteiger partial charge is 0.490 e. The summed E-state index contributed by atoms with van der Waals surface area (Å²) in [6.45, 7) is 6.76. The molecule has 0 unspecified atom stereocenters. The number of nitrogens with zero attached hydrogens (tertiary/aromatic N) is 2. The summed E-state index contributed by atoms with van der Waals surface area (Å²) in [6.07, 6.45) is 4.43. The molecule has 3 aromatic rings. The van der Waals surface area contributed by atoms with Gasteiger partial charge in [-0.1, -0.05) is 25.5 Å². The first-order valence-corrected chi connectivity index (χ1v) is 13.1. The maximum absolute atomic E-state index is 13.8. The molecule has 0 saturated heterocycles. The number of aliphatic hydroxyl groups is 1. The molecule has 1 amide bonds. The highest BCUT2D eigenvalue weighted by molar-refractivity contribution is 6.03. The Labute approximate surface area is 230 Å². The number of aliphatic hydroxyl groups excluding tert-OH is 1. The van der Waals surface area contributed by atoms with E-state index in [4.69, 9.17) is 14.2 Å². The van der Waals surface area contributed by atoms with Gasteiger partial charge in [-0.05, 0) is 44.9 Å². The van der Waals surface area contributed by atoms with Crippen molar-refractivity contribution in [2.45, 2.75) is 52.5 Å². The Morgan fingerprint density at radius 2 is 1.93 bits per heavy atom. The van der Waals surface area contributed by atoms with Crippen LogP contribution in [0.25, 0.3) is 17.2 Å². The zero-order valence-electron chi connectivity index (χ0n) is 22.9. The van der Waals surface area contributed by atoms with E-state index in [1.807, 2.05) is 6.92 Å². The van der Waals surface area contributed by atoms with Crippen LogP contribution in [0.2, 0.25) is 0 Å². The number of ether oxygens (including phenoxy) is 3. The molecule has 0 fully saturated rings. The monoisotopic (exact) mass is 553 g/mol. The topological polar surface area (TPSA) is 129 Å². The molecular weight excluding hydrogens is 521 g/mol.